The van der Waals surface area contributed by atoms with Crippen molar-refractivity contribution in [3.63, 3.8) is 0 Å². The van der Waals surface area contributed by atoms with Crippen LogP contribution in [-0.2, 0) is 0 Å². The molecule has 0 radical (unpaired) electrons. The molecule has 0 aromatic carbocycles. The van der Waals surface area contributed by atoms with Crippen LogP contribution in [0.15, 0.2) is 21.2 Å². The highest BCUT2D eigenvalue weighted by Crippen LogP contribution is 2.40. The van der Waals surface area contributed by atoms with Gasteiger partial charge in [-0.2, -0.15) is 0 Å². The van der Waals surface area contributed by atoms with Crippen molar-refractivity contribution in [2.24, 2.45) is 0 Å². The zero-order valence-electron chi connectivity index (χ0n) is 11.7. The number of rotatable bonds is 7. The van der Waals surface area contributed by atoms with Crippen LogP contribution >= 0.6 is 15.9 Å². The second-order valence-corrected chi connectivity index (χ2v) is 5.37. The number of nitrogens with zero attached hydrogens (tertiary/aromatic N) is 1. The fourth-order valence-electron chi connectivity index (χ4n) is 2.85. The summed E-state index contributed by atoms with van der Waals surface area (Å²) in [6.45, 7) is 10.4. The minimum Gasteiger partial charge on any atom is -0.465 e. The summed E-state index contributed by atoms with van der Waals surface area (Å²) in [5.41, 5.74) is -0.260. The molecule has 0 fully saturated rings. The number of aliphatic hydroxyl groups excluding tert-OH is 1. The van der Waals surface area contributed by atoms with E-state index < -0.39 is 6.10 Å². The topological polar surface area (TPSA) is 36.6 Å². The first-order chi connectivity index (χ1) is 8.57. The number of aliphatic hydroxyl groups is 1. The lowest BCUT2D eigenvalue weighted by atomic mass is 9.83. The Hall–Kier alpha value is -0.320. The van der Waals surface area contributed by atoms with Gasteiger partial charge in [0.2, 0.25) is 0 Å². The lowest BCUT2D eigenvalue weighted by molar-refractivity contribution is -0.0470. The van der Waals surface area contributed by atoms with Gasteiger partial charge in [0.15, 0.2) is 0 Å². The van der Waals surface area contributed by atoms with Gasteiger partial charge in [0, 0.05) is 0 Å². The van der Waals surface area contributed by atoms with Crippen LogP contribution in [0.4, 0.5) is 0 Å². The van der Waals surface area contributed by atoms with E-state index in [4.69, 9.17) is 4.42 Å². The summed E-state index contributed by atoms with van der Waals surface area (Å²) in [5, 5.41) is 10.8. The first kappa shape index (κ1) is 15.7. The largest absolute Gasteiger partial charge is 0.465 e. The molecule has 1 aromatic rings. The Labute approximate surface area is 118 Å². The highest BCUT2D eigenvalue weighted by atomic mass is 79.9. The quantitative estimate of drug-likeness (QED) is 0.826. The molecular weight excluding hydrogens is 294 g/mol. The third-order valence-corrected chi connectivity index (χ3v) is 4.67. The van der Waals surface area contributed by atoms with Gasteiger partial charge < -0.3 is 9.52 Å². The van der Waals surface area contributed by atoms with E-state index in [-0.39, 0.29) is 5.54 Å². The van der Waals surface area contributed by atoms with Crippen LogP contribution in [-0.4, -0.2) is 28.6 Å². The van der Waals surface area contributed by atoms with Crippen molar-refractivity contribution in [2.75, 3.05) is 13.1 Å². The predicted molar refractivity (Wildman–Crippen MR) is 77.6 cm³/mol. The van der Waals surface area contributed by atoms with Crippen LogP contribution in [0.25, 0.3) is 0 Å². The Morgan fingerprint density at radius 1 is 1.28 bits per heavy atom. The van der Waals surface area contributed by atoms with Crippen molar-refractivity contribution < 1.29 is 9.52 Å². The molecule has 0 aliphatic heterocycles. The van der Waals surface area contributed by atoms with Gasteiger partial charge >= 0.3 is 0 Å². The fraction of sp³-hybridized carbons (Fsp3) is 0.714. The van der Waals surface area contributed by atoms with Crippen molar-refractivity contribution in [1.29, 1.82) is 0 Å². The molecule has 1 N–H and O–H groups in total. The molecule has 0 aliphatic rings. The van der Waals surface area contributed by atoms with Gasteiger partial charge in [0.1, 0.15) is 11.9 Å². The SMILES string of the molecule is CCN(CC)C(CC)(CC)C(O)c1occc1Br. The molecule has 1 unspecified atom stereocenters. The molecule has 104 valence electrons. The van der Waals surface area contributed by atoms with Gasteiger partial charge in [0.05, 0.1) is 16.3 Å². The lowest BCUT2D eigenvalue weighted by Gasteiger charge is -2.45. The number of halogens is 1. The van der Waals surface area contributed by atoms with Gasteiger partial charge in [-0.05, 0) is 47.9 Å². The minimum atomic E-state index is -0.614. The average molecular weight is 318 g/mol. The zero-order valence-corrected chi connectivity index (χ0v) is 13.3. The second-order valence-electron chi connectivity index (χ2n) is 4.52. The van der Waals surface area contributed by atoms with Crippen LogP contribution in [0.5, 0.6) is 0 Å². The summed E-state index contributed by atoms with van der Waals surface area (Å²) in [5.74, 6) is 0.630. The molecule has 3 nitrogen and oxygen atoms in total. The maximum absolute atomic E-state index is 10.8. The summed E-state index contributed by atoms with van der Waals surface area (Å²) < 4.78 is 6.29. The maximum Gasteiger partial charge on any atom is 0.148 e. The van der Waals surface area contributed by atoms with E-state index in [2.05, 4.69) is 48.5 Å². The molecule has 1 atom stereocenters. The first-order valence-corrected chi connectivity index (χ1v) is 7.52. The van der Waals surface area contributed by atoms with Gasteiger partial charge in [-0.25, -0.2) is 0 Å². The van der Waals surface area contributed by atoms with E-state index in [1.165, 1.54) is 0 Å². The Bertz CT molecular complexity index is 356. The summed E-state index contributed by atoms with van der Waals surface area (Å²) >= 11 is 3.44. The molecule has 0 aliphatic carbocycles. The maximum atomic E-state index is 10.8. The van der Waals surface area contributed by atoms with Crippen LogP contribution in [0.2, 0.25) is 0 Å². The molecule has 0 spiro atoms. The highest BCUT2D eigenvalue weighted by Gasteiger charge is 2.42. The minimum absolute atomic E-state index is 0.260. The van der Waals surface area contributed by atoms with Gasteiger partial charge in [-0.3, -0.25) is 4.90 Å². The third kappa shape index (κ3) is 2.65. The molecule has 4 heteroatoms. The fourth-order valence-corrected chi connectivity index (χ4v) is 3.27. The highest BCUT2D eigenvalue weighted by molar-refractivity contribution is 9.10. The van der Waals surface area contributed by atoms with E-state index in [9.17, 15) is 5.11 Å². The first-order valence-electron chi connectivity index (χ1n) is 6.73. The van der Waals surface area contributed by atoms with Crippen LogP contribution in [0, 0.1) is 0 Å². The Kier molecular flexibility index (Phi) is 5.89. The standard InChI is InChI=1S/C14H24BrNO2/c1-5-14(6-2,16(7-3)8-4)13(17)12-11(15)9-10-18-12/h9-10,13,17H,5-8H2,1-4H3. The van der Waals surface area contributed by atoms with E-state index in [1.807, 2.05) is 6.07 Å². The molecule has 1 aromatic heterocycles. The zero-order chi connectivity index (χ0) is 13.8. The molecule has 1 rings (SSSR count). The predicted octanol–water partition coefficient (Wildman–Crippen LogP) is 3.98. The molecule has 0 bridgehead atoms. The number of hydrogen-bond donors (Lipinski definition) is 1. The number of hydrogen-bond acceptors (Lipinski definition) is 3. The van der Waals surface area contributed by atoms with Crippen molar-refractivity contribution in [2.45, 2.75) is 52.2 Å². The van der Waals surface area contributed by atoms with E-state index >= 15 is 0 Å². The van der Waals surface area contributed by atoms with E-state index in [1.54, 1.807) is 6.26 Å². The third-order valence-electron chi connectivity index (χ3n) is 4.02. The van der Waals surface area contributed by atoms with Gasteiger partial charge in [-0.1, -0.05) is 27.7 Å². The molecule has 0 amide bonds. The Balaban J connectivity index is 3.15. The summed E-state index contributed by atoms with van der Waals surface area (Å²) in [7, 11) is 0. The molecule has 18 heavy (non-hydrogen) atoms. The Morgan fingerprint density at radius 3 is 2.17 bits per heavy atom. The van der Waals surface area contributed by atoms with Crippen molar-refractivity contribution >= 4 is 15.9 Å². The summed E-state index contributed by atoms with van der Waals surface area (Å²) in [6, 6.07) is 1.83. The van der Waals surface area contributed by atoms with Gasteiger partial charge in [0.25, 0.3) is 0 Å². The Morgan fingerprint density at radius 2 is 1.83 bits per heavy atom. The average Bonchev–Trinajstić information content (AvgIpc) is 2.81. The lowest BCUT2D eigenvalue weighted by Crippen LogP contribution is -2.52. The molecule has 1 heterocycles. The summed E-state index contributed by atoms with van der Waals surface area (Å²) in [6.07, 6.45) is 2.77. The summed E-state index contributed by atoms with van der Waals surface area (Å²) in [4.78, 5) is 2.33. The molecule has 0 saturated heterocycles. The van der Waals surface area contributed by atoms with Crippen LogP contribution in [0.1, 0.15) is 52.4 Å². The van der Waals surface area contributed by atoms with Crippen molar-refractivity contribution in [3.8, 4) is 0 Å². The monoisotopic (exact) mass is 317 g/mol. The smallest absolute Gasteiger partial charge is 0.148 e. The number of likely N-dealkylation sites (N-methyl/N-ethyl adjacent to an activating group) is 1. The second kappa shape index (κ2) is 6.73. The van der Waals surface area contributed by atoms with E-state index in [0.717, 1.165) is 30.4 Å². The molecular formula is C14H24BrNO2. The van der Waals surface area contributed by atoms with Crippen LogP contribution < -0.4 is 0 Å². The normalized spacial score (nSPS) is 14.2. The van der Waals surface area contributed by atoms with Crippen molar-refractivity contribution in [3.05, 3.63) is 22.6 Å². The van der Waals surface area contributed by atoms with Crippen LogP contribution in [0.3, 0.4) is 0 Å². The molecule has 0 saturated carbocycles. The van der Waals surface area contributed by atoms with E-state index in [0.29, 0.717) is 5.76 Å². The van der Waals surface area contributed by atoms with Crippen molar-refractivity contribution in [1.82, 2.24) is 4.90 Å². The number of furan rings is 1. The van der Waals surface area contributed by atoms with Gasteiger partial charge in [-0.15, -0.1) is 0 Å².